The van der Waals surface area contributed by atoms with Crippen molar-refractivity contribution < 1.29 is 19.1 Å². The molecular weight excluding hydrogens is 408 g/mol. The molecule has 0 heterocycles. The normalized spacial score (nSPS) is 12.1. The van der Waals surface area contributed by atoms with Crippen molar-refractivity contribution >= 4 is 11.9 Å². The molecule has 0 saturated heterocycles. The highest BCUT2D eigenvalue weighted by Crippen LogP contribution is 2.10. The summed E-state index contributed by atoms with van der Waals surface area (Å²) in [5.74, 6) is -0.703. The van der Waals surface area contributed by atoms with Crippen LogP contribution in [0.3, 0.4) is 0 Å². The molecule has 190 valence electrons. The first-order valence-corrected chi connectivity index (χ1v) is 12.6. The molecule has 0 aliphatic heterocycles. The zero-order valence-electron chi connectivity index (χ0n) is 22.1. The Bertz CT molecular complexity index is 422. The predicted octanol–water partition coefficient (Wildman–Crippen LogP) is 2.87. The first kappa shape index (κ1) is 30.8. The summed E-state index contributed by atoms with van der Waals surface area (Å²) in [6, 6.07) is 0. The van der Waals surface area contributed by atoms with E-state index in [0.717, 1.165) is 52.4 Å². The molecule has 0 aromatic carbocycles. The summed E-state index contributed by atoms with van der Waals surface area (Å²) in [7, 11) is 0. The molecule has 0 rings (SSSR count). The zero-order chi connectivity index (χ0) is 24.5. The Kier molecular flexibility index (Phi) is 17.5. The monoisotopic (exact) mass is 458 g/mol. The number of hydrogen-bond donors (Lipinski definition) is 0. The van der Waals surface area contributed by atoms with Gasteiger partial charge >= 0.3 is 11.9 Å². The first-order valence-electron chi connectivity index (χ1n) is 12.6. The summed E-state index contributed by atoms with van der Waals surface area (Å²) in [6.45, 7) is 24.6. The van der Waals surface area contributed by atoms with Crippen molar-refractivity contribution in [2.24, 2.45) is 0 Å². The summed E-state index contributed by atoms with van der Waals surface area (Å²) in [5.41, 5.74) is 0. The molecule has 8 nitrogen and oxygen atoms in total. The Balaban J connectivity index is 4.69. The van der Waals surface area contributed by atoms with Crippen molar-refractivity contribution in [3.8, 4) is 0 Å². The molecule has 0 saturated carbocycles. The first-order chi connectivity index (χ1) is 15.4. The fourth-order valence-electron chi connectivity index (χ4n) is 4.15. The molecule has 0 unspecified atom stereocenters. The summed E-state index contributed by atoms with van der Waals surface area (Å²) < 4.78 is 11.1. The van der Waals surface area contributed by atoms with Crippen LogP contribution in [0.1, 0.15) is 68.2 Å². The average Bonchev–Trinajstić information content (AvgIpc) is 2.81. The van der Waals surface area contributed by atoms with Crippen LogP contribution >= 0.6 is 0 Å². The maximum atomic E-state index is 12.3. The van der Waals surface area contributed by atoms with Gasteiger partial charge in [0, 0.05) is 0 Å². The number of carbonyl (C=O) groups is 2. The summed E-state index contributed by atoms with van der Waals surface area (Å²) in [4.78, 5) is 33.8. The van der Waals surface area contributed by atoms with Crippen LogP contribution in [0.15, 0.2) is 0 Å². The van der Waals surface area contributed by atoms with Gasteiger partial charge in [-0.3, -0.25) is 29.2 Å². The minimum absolute atomic E-state index is 0.0449. The van der Waals surface area contributed by atoms with Gasteiger partial charge in [-0.25, -0.2) is 0 Å². The number of ether oxygens (including phenoxy) is 2. The Morgan fingerprint density at radius 1 is 0.500 bits per heavy atom. The molecule has 8 heteroatoms. The Hall–Kier alpha value is -1.22. The van der Waals surface area contributed by atoms with Gasteiger partial charge in [-0.05, 0) is 52.4 Å². The molecule has 0 aromatic heterocycles. The lowest BCUT2D eigenvalue weighted by Gasteiger charge is -2.37. The third-order valence-corrected chi connectivity index (χ3v) is 6.26. The maximum absolute atomic E-state index is 12.3. The number of rotatable bonds is 19. The minimum Gasteiger partial charge on any atom is -0.463 e. The highest BCUT2D eigenvalue weighted by atomic mass is 16.5. The Labute approximate surface area is 197 Å². The third-order valence-electron chi connectivity index (χ3n) is 6.26. The van der Waals surface area contributed by atoms with Gasteiger partial charge in [-0.2, -0.15) is 0 Å². The summed E-state index contributed by atoms with van der Waals surface area (Å²) in [6.07, 6.45) is 0.201. The van der Waals surface area contributed by atoms with E-state index in [1.54, 1.807) is 0 Å². The molecule has 0 bridgehead atoms. The van der Waals surface area contributed by atoms with Crippen LogP contribution in [-0.4, -0.2) is 109 Å². The lowest BCUT2D eigenvalue weighted by molar-refractivity contribution is -0.155. The molecule has 0 amide bonds. The molecule has 0 aromatic rings. The van der Waals surface area contributed by atoms with Gasteiger partial charge < -0.3 is 9.47 Å². The number of carbonyl (C=O) groups excluding carboxylic acids is 2. The van der Waals surface area contributed by atoms with E-state index >= 15 is 0 Å². The highest BCUT2D eigenvalue weighted by Gasteiger charge is 2.25. The van der Waals surface area contributed by atoms with Crippen LogP contribution in [0.5, 0.6) is 0 Å². The second-order valence-electron chi connectivity index (χ2n) is 7.71. The number of hydrogen-bond acceptors (Lipinski definition) is 8. The van der Waals surface area contributed by atoms with Gasteiger partial charge in [0.05, 0.1) is 25.2 Å². The largest absolute Gasteiger partial charge is 0.463 e. The van der Waals surface area contributed by atoms with E-state index in [1.807, 2.05) is 0 Å². The van der Waals surface area contributed by atoms with Crippen LogP contribution < -0.4 is 0 Å². The molecule has 0 radical (unpaired) electrons. The highest BCUT2D eigenvalue weighted by molar-refractivity contribution is 5.77. The third kappa shape index (κ3) is 10.6. The van der Waals surface area contributed by atoms with Crippen LogP contribution in [0.4, 0.5) is 0 Å². The van der Waals surface area contributed by atoms with Gasteiger partial charge in [0.15, 0.2) is 0 Å². The van der Waals surface area contributed by atoms with E-state index in [4.69, 9.17) is 9.47 Å². The molecule has 0 fully saturated rings. The number of likely N-dealkylation sites (N-methyl/N-ethyl adjacent to an activating group) is 4. The van der Waals surface area contributed by atoms with Crippen LogP contribution in [0.25, 0.3) is 0 Å². The smallest absolute Gasteiger partial charge is 0.306 e. The summed E-state index contributed by atoms with van der Waals surface area (Å²) >= 11 is 0. The van der Waals surface area contributed by atoms with Gasteiger partial charge in [0.25, 0.3) is 0 Å². The fourth-order valence-corrected chi connectivity index (χ4v) is 4.15. The van der Waals surface area contributed by atoms with Crippen molar-refractivity contribution in [1.29, 1.82) is 0 Å². The Morgan fingerprint density at radius 3 is 0.906 bits per heavy atom. The number of esters is 2. The second kappa shape index (κ2) is 18.2. The van der Waals surface area contributed by atoms with E-state index in [9.17, 15) is 9.59 Å². The predicted molar refractivity (Wildman–Crippen MR) is 130 cm³/mol. The lowest BCUT2D eigenvalue weighted by Crippen LogP contribution is -2.51. The SMILES string of the molecule is CCN(CC)C(COC(=O)CCC(=O)OCC(N(CC)CC)N(CC)CC)N(CC)CC. The molecule has 32 heavy (non-hydrogen) atoms. The van der Waals surface area contributed by atoms with Crippen molar-refractivity contribution in [2.75, 3.05) is 65.6 Å². The molecule has 0 N–H and O–H groups in total. The fraction of sp³-hybridized carbons (Fsp3) is 0.917. The zero-order valence-corrected chi connectivity index (χ0v) is 22.1. The topological polar surface area (TPSA) is 65.6 Å². The minimum atomic E-state index is -0.352. The molecule has 0 aliphatic carbocycles. The van der Waals surface area contributed by atoms with Crippen LogP contribution in [0, 0.1) is 0 Å². The van der Waals surface area contributed by atoms with Crippen molar-refractivity contribution in [3.63, 3.8) is 0 Å². The van der Waals surface area contributed by atoms with Crippen molar-refractivity contribution in [1.82, 2.24) is 19.6 Å². The Morgan fingerprint density at radius 2 is 0.719 bits per heavy atom. The van der Waals surface area contributed by atoms with Gasteiger partial charge in [-0.15, -0.1) is 0 Å². The van der Waals surface area contributed by atoms with E-state index in [1.165, 1.54) is 0 Å². The van der Waals surface area contributed by atoms with Crippen LogP contribution in [0.2, 0.25) is 0 Å². The lowest BCUT2D eigenvalue weighted by atomic mass is 10.3. The molecule has 0 atom stereocenters. The van der Waals surface area contributed by atoms with E-state index in [-0.39, 0.29) is 37.1 Å². The van der Waals surface area contributed by atoms with Crippen molar-refractivity contribution in [2.45, 2.75) is 80.6 Å². The van der Waals surface area contributed by atoms with Gasteiger partial charge in [0.1, 0.15) is 13.2 Å². The molecule has 0 aliphatic rings. The van der Waals surface area contributed by atoms with E-state index in [2.05, 4.69) is 75.0 Å². The maximum Gasteiger partial charge on any atom is 0.306 e. The second-order valence-corrected chi connectivity index (χ2v) is 7.71. The summed E-state index contributed by atoms with van der Waals surface area (Å²) in [5, 5.41) is 0. The van der Waals surface area contributed by atoms with E-state index < -0.39 is 0 Å². The quantitative estimate of drug-likeness (QED) is 0.216. The van der Waals surface area contributed by atoms with Gasteiger partial charge in [0.2, 0.25) is 0 Å². The number of nitrogens with zero attached hydrogens (tertiary/aromatic N) is 4. The van der Waals surface area contributed by atoms with Crippen LogP contribution in [-0.2, 0) is 19.1 Å². The standard InChI is InChI=1S/C24H50N4O4/c1-9-25(10-2)21(26(11-3)12-4)19-31-23(29)17-18-24(30)32-20-22(27(13-5)14-6)28(15-7)16-8/h21-22H,9-20H2,1-8H3. The van der Waals surface area contributed by atoms with Crippen molar-refractivity contribution in [3.05, 3.63) is 0 Å². The average molecular weight is 459 g/mol. The van der Waals surface area contributed by atoms with Gasteiger partial charge in [-0.1, -0.05) is 55.4 Å². The van der Waals surface area contributed by atoms with E-state index in [0.29, 0.717) is 13.2 Å². The molecule has 0 spiro atoms. The molecular formula is C24H50N4O4.